The molecule has 0 radical (unpaired) electrons. The van der Waals surface area contributed by atoms with E-state index in [-0.39, 0.29) is 0 Å². The summed E-state index contributed by atoms with van der Waals surface area (Å²) in [4.78, 5) is 11.0. The van der Waals surface area contributed by atoms with Gasteiger partial charge >= 0.3 is 0 Å². The maximum atomic E-state index is 5.29. The number of benzene rings is 1. The molecule has 3 rings (SSSR count). The first kappa shape index (κ1) is 13.0. The number of nitrogens with zero attached hydrogens (tertiary/aromatic N) is 3. The van der Waals surface area contributed by atoms with E-state index in [1.54, 1.807) is 12.4 Å². The van der Waals surface area contributed by atoms with Gasteiger partial charge in [-0.05, 0) is 30.5 Å². The zero-order chi connectivity index (χ0) is 13.8. The molecule has 1 aliphatic rings. The highest BCUT2D eigenvalue weighted by molar-refractivity contribution is 5.29. The molecule has 0 saturated heterocycles. The van der Waals surface area contributed by atoms with Gasteiger partial charge in [-0.3, -0.25) is 9.88 Å². The van der Waals surface area contributed by atoms with Crippen LogP contribution in [0.5, 0.6) is 0 Å². The van der Waals surface area contributed by atoms with Crippen molar-refractivity contribution in [2.24, 2.45) is 5.84 Å². The second-order valence-electron chi connectivity index (χ2n) is 5.12. The Kier molecular flexibility index (Phi) is 3.90. The second-order valence-corrected chi connectivity index (χ2v) is 5.12. The van der Waals surface area contributed by atoms with Gasteiger partial charge in [0.2, 0.25) is 0 Å². The summed E-state index contributed by atoms with van der Waals surface area (Å²) in [7, 11) is 0. The first-order valence-corrected chi connectivity index (χ1v) is 6.92. The fourth-order valence-electron chi connectivity index (χ4n) is 2.64. The summed E-state index contributed by atoms with van der Waals surface area (Å²) in [6, 6.07) is 8.70. The molecule has 1 aliphatic heterocycles. The van der Waals surface area contributed by atoms with Gasteiger partial charge in [0.05, 0.1) is 18.1 Å². The quantitative estimate of drug-likeness (QED) is 0.656. The van der Waals surface area contributed by atoms with E-state index in [0.717, 1.165) is 31.7 Å². The van der Waals surface area contributed by atoms with Gasteiger partial charge in [0.25, 0.3) is 0 Å². The summed E-state index contributed by atoms with van der Waals surface area (Å²) < 4.78 is 0. The maximum absolute atomic E-state index is 5.29. The zero-order valence-electron chi connectivity index (χ0n) is 11.4. The van der Waals surface area contributed by atoms with Crippen LogP contribution in [0.25, 0.3) is 0 Å². The molecular weight excluding hydrogens is 250 g/mol. The summed E-state index contributed by atoms with van der Waals surface area (Å²) in [6.07, 6.45) is 5.80. The number of hydrazine groups is 1. The van der Waals surface area contributed by atoms with Crippen LogP contribution in [0.3, 0.4) is 0 Å². The van der Waals surface area contributed by atoms with Gasteiger partial charge in [-0.2, -0.15) is 0 Å². The van der Waals surface area contributed by atoms with Crippen molar-refractivity contribution in [1.82, 2.24) is 14.9 Å². The van der Waals surface area contributed by atoms with Crippen molar-refractivity contribution in [3.8, 4) is 0 Å². The Morgan fingerprint density at radius 2 is 2.00 bits per heavy atom. The molecule has 3 N–H and O–H groups in total. The summed E-state index contributed by atoms with van der Waals surface area (Å²) in [5, 5.41) is 0. The van der Waals surface area contributed by atoms with Crippen LogP contribution in [0.2, 0.25) is 0 Å². The summed E-state index contributed by atoms with van der Waals surface area (Å²) in [5.41, 5.74) is 6.37. The Bertz CT molecular complexity index is 567. The predicted octanol–water partition coefficient (Wildman–Crippen LogP) is 1.71. The van der Waals surface area contributed by atoms with E-state index in [2.05, 4.69) is 44.6 Å². The molecule has 0 bridgehead atoms. The van der Waals surface area contributed by atoms with E-state index in [4.69, 9.17) is 5.84 Å². The zero-order valence-corrected chi connectivity index (χ0v) is 11.4. The largest absolute Gasteiger partial charge is 0.307 e. The van der Waals surface area contributed by atoms with Crippen LogP contribution >= 0.6 is 0 Å². The first-order chi connectivity index (χ1) is 9.85. The van der Waals surface area contributed by atoms with E-state index >= 15 is 0 Å². The van der Waals surface area contributed by atoms with E-state index in [0.29, 0.717) is 5.82 Å². The van der Waals surface area contributed by atoms with Crippen molar-refractivity contribution in [3.63, 3.8) is 0 Å². The molecule has 0 spiro atoms. The Hall–Kier alpha value is -1.98. The summed E-state index contributed by atoms with van der Waals surface area (Å²) in [6.45, 7) is 2.90. The van der Waals surface area contributed by atoms with Crippen LogP contribution in [0, 0.1) is 0 Å². The first-order valence-electron chi connectivity index (χ1n) is 6.92. The molecule has 20 heavy (non-hydrogen) atoms. The van der Waals surface area contributed by atoms with E-state index in [1.807, 2.05) is 0 Å². The number of fused-ring (bicyclic) bond motifs is 1. The molecule has 0 saturated carbocycles. The molecule has 0 fully saturated rings. The molecule has 2 heterocycles. The van der Waals surface area contributed by atoms with Gasteiger partial charge in [0.1, 0.15) is 0 Å². The SMILES string of the molecule is NNc1cnc(CN2CCCc3ccccc3C2)cn1. The van der Waals surface area contributed by atoms with Crippen LogP contribution in [-0.4, -0.2) is 21.4 Å². The lowest BCUT2D eigenvalue weighted by Gasteiger charge is -2.19. The third-order valence-corrected chi connectivity index (χ3v) is 3.67. The van der Waals surface area contributed by atoms with Gasteiger partial charge in [-0.1, -0.05) is 24.3 Å². The van der Waals surface area contributed by atoms with Gasteiger partial charge in [0.15, 0.2) is 5.82 Å². The molecule has 0 atom stereocenters. The number of hydrogen-bond donors (Lipinski definition) is 2. The molecule has 0 amide bonds. The fourth-order valence-corrected chi connectivity index (χ4v) is 2.64. The van der Waals surface area contributed by atoms with Gasteiger partial charge in [-0.25, -0.2) is 10.8 Å². The van der Waals surface area contributed by atoms with Crippen molar-refractivity contribution in [3.05, 3.63) is 53.5 Å². The Balaban J connectivity index is 1.71. The third kappa shape index (κ3) is 2.95. The third-order valence-electron chi connectivity index (χ3n) is 3.67. The highest BCUT2D eigenvalue weighted by atomic mass is 15.3. The monoisotopic (exact) mass is 269 g/mol. The number of nitrogens with one attached hydrogen (secondary N) is 1. The van der Waals surface area contributed by atoms with Gasteiger partial charge < -0.3 is 5.43 Å². The standard InChI is InChI=1S/C15H19N5/c16-19-15-9-17-14(8-18-15)11-20-7-3-6-12-4-1-2-5-13(12)10-20/h1-2,4-5,8-9H,3,6-7,10-11,16H2,(H,18,19). The number of nitrogens with two attached hydrogens (primary N) is 1. The van der Waals surface area contributed by atoms with Crippen LogP contribution in [0.4, 0.5) is 5.82 Å². The van der Waals surface area contributed by atoms with E-state index < -0.39 is 0 Å². The molecule has 1 aromatic carbocycles. The molecule has 1 aromatic heterocycles. The molecule has 5 nitrogen and oxygen atoms in total. The van der Waals surface area contributed by atoms with Crippen molar-refractivity contribution in [2.75, 3.05) is 12.0 Å². The smallest absolute Gasteiger partial charge is 0.158 e. The Morgan fingerprint density at radius 3 is 2.75 bits per heavy atom. The summed E-state index contributed by atoms with van der Waals surface area (Å²) >= 11 is 0. The number of nitrogen functional groups attached to an aromatic ring is 1. The molecular formula is C15H19N5. The average molecular weight is 269 g/mol. The Labute approximate surface area is 118 Å². The van der Waals surface area contributed by atoms with E-state index in [1.165, 1.54) is 17.5 Å². The Morgan fingerprint density at radius 1 is 1.15 bits per heavy atom. The number of anilines is 1. The number of aromatic nitrogens is 2. The molecule has 0 unspecified atom stereocenters. The highest BCUT2D eigenvalue weighted by Gasteiger charge is 2.14. The van der Waals surface area contributed by atoms with Gasteiger partial charge in [-0.15, -0.1) is 0 Å². The van der Waals surface area contributed by atoms with E-state index in [9.17, 15) is 0 Å². The fraction of sp³-hybridized carbons (Fsp3) is 0.333. The number of hydrogen-bond acceptors (Lipinski definition) is 5. The second kappa shape index (κ2) is 5.98. The average Bonchev–Trinajstić information content (AvgIpc) is 2.69. The van der Waals surface area contributed by atoms with Crippen LogP contribution in [-0.2, 0) is 19.5 Å². The van der Waals surface area contributed by atoms with Crippen LogP contribution in [0.15, 0.2) is 36.7 Å². The van der Waals surface area contributed by atoms with Crippen LogP contribution < -0.4 is 11.3 Å². The molecule has 0 aliphatic carbocycles. The molecule has 2 aromatic rings. The molecule has 104 valence electrons. The minimum atomic E-state index is 0.593. The van der Waals surface area contributed by atoms with Gasteiger partial charge in [0, 0.05) is 13.1 Å². The van der Waals surface area contributed by atoms with Crippen molar-refractivity contribution >= 4 is 5.82 Å². The lowest BCUT2D eigenvalue weighted by Crippen LogP contribution is -2.23. The molecule has 5 heteroatoms. The van der Waals surface area contributed by atoms with Crippen molar-refractivity contribution in [1.29, 1.82) is 0 Å². The lowest BCUT2D eigenvalue weighted by molar-refractivity contribution is 0.257. The normalized spacial score (nSPS) is 15.4. The highest BCUT2D eigenvalue weighted by Crippen LogP contribution is 2.19. The van der Waals surface area contributed by atoms with Crippen molar-refractivity contribution in [2.45, 2.75) is 25.9 Å². The van der Waals surface area contributed by atoms with Crippen LogP contribution in [0.1, 0.15) is 23.2 Å². The minimum Gasteiger partial charge on any atom is -0.307 e. The van der Waals surface area contributed by atoms with Crippen molar-refractivity contribution < 1.29 is 0 Å². The summed E-state index contributed by atoms with van der Waals surface area (Å²) in [5.74, 6) is 5.89. The maximum Gasteiger partial charge on any atom is 0.158 e. The number of rotatable bonds is 3. The number of aryl methyl sites for hydroxylation is 1. The predicted molar refractivity (Wildman–Crippen MR) is 78.7 cm³/mol. The topological polar surface area (TPSA) is 67.1 Å². The lowest BCUT2D eigenvalue weighted by atomic mass is 10.0. The minimum absolute atomic E-state index is 0.593.